The number of ether oxygens (including phenoxy) is 1. The van der Waals surface area contributed by atoms with Gasteiger partial charge in [0.15, 0.2) is 0 Å². The molecule has 0 unspecified atom stereocenters. The zero-order valence-corrected chi connectivity index (χ0v) is 7.21. The lowest BCUT2D eigenvalue weighted by Crippen LogP contribution is -1.88. The molecule has 0 fully saturated rings. The molecule has 0 radical (unpaired) electrons. The van der Waals surface area contributed by atoms with Gasteiger partial charge in [0.05, 0.1) is 6.26 Å². The van der Waals surface area contributed by atoms with Crippen molar-refractivity contribution in [3.63, 3.8) is 0 Å². The Labute approximate surface area is 75.2 Å². The van der Waals surface area contributed by atoms with Gasteiger partial charge in [0.2, 0.25) is 0 Å². The molecule has 1 rings (SSSR count). The predicted octanol–water partition coefficient (Wildman–Crippen LogP) is 3.06. The summed E-state index contributed by atoms with van der Waals surface area (Å²) in [5.41, 5.74) is 0. The first-order valence-corrected chi connectivity index (χ1v) is 4.19. The molecule has 2 nitrogen and oxygen atoms in total. The third kappa shape index (κ3) is 2.80. The number of rotatable bonds is 2. The van der Waals surface area contributed by atoms with Crippen LogP contribution in [-0.4, -0.2) is 5.30 Å². The van der Waals surface area contributed by atoms with Gasteiger partial charge in [-0.2, -0.15) is 0 Å². The van der Waals surface area contributed by atoms with Crippen molar-refractivity contribution in [2.75, 3.05) is 0 Å². The Morgan fingerprint density at radius 3 is 2.67 bits per heavy atom. The van der Waals surface area contributed by atoms with Gasteiger partial charge < -0.3 is 4.74 Å². The van der Waals surface area contributed by atoms with E-state index < -0.39 is 0 Å². The fourth-order valence-corrected chi connectivity index (χ4v) is 1.28. The second kappa shape index (κ2) is 4.62. The number of thioether (sulfide) groups is 1. The van der Waals surface area contributed by atoms with Crippen molar-refractivity contribution >= 4 is 17.1 Å². The minimum absolute atomic E-state index is 0.365. The van der Waals surface area contributed by atoms with E-state index >= 15 is 0 Å². The van der Waals surface area contributed by atoms with Crippen LogP contribution in [0.2, 0.25) is 0 Å². The topological polar surface area (TPSA) is 26.3 Å². The van der Waals surface area contributed by atoms with Crippen molar-refractivity contribution in [1.82, 2.24) is 0 Å². The molecule has 62 valence electrons. The maximum Gasteiger partial charge on any atom is 0.376 e. The summed E-state index contributed by atoms with van der Waals surface area (Å²) in [7, 11) is 0. The van der Waals surface area contributed by atoms with Crippen LogP contribution in [0.3, 0.4) is 0 Å². The van der Waals surface area contributed by atoms with Crippen LogP contribution in [0.4, 0.5) is 4.79 Å². The first kappa shape index (κ1) is 8.87. The Kier molecular flexibility index (Phi) is 3.41. The van der Waals surface area contributed by atoms with Crippen LogP contribution in [0.25, 0.3) is 0 Å². The molecule has 0 amide bonds. The molecule has 0 aliphatic carbocycles. The zero-order chi connectivity index (χ0) is 8.81. The van der Waals surface area contributed by atoms with Gasteiger partial charge in [-0.3, -0.25) is 0 Å². The van der Waals surface area contributed by atoms with Crippen LogP contribution < -0.4 is 0 Å². The van der Waals surface area contributed by atoms with E-state index in [0.717, 1.165) is 22.9 Å². The van der Waals surface area contributed by atoms with Gasteiger partial charge >= 0.3 is 5.30 Å². The molecule has 0 aliphatic rings. The van der Waals surface area contributed by atoms with E-state index in [4.69, 9.17) is 0 Å². The van der Waals surface area contributed by atoms with Crippen LogP contribution >= 0.6 is 11.8 Å². The molecule has 12 heavy (non-hydrogen) atoms. The van der Waals surface area contributed by atoms with E-state index in [-0.39, 0.29) is 5.30 Å². The number of carbonyl (C=O) groups excluding carboxylic acids is 1. The summed E-state index contributed by atoms with van der Waals surface area (Å²) < 4.78 is 4.53. The SMILES string of the molecule is C=COC(=O)Sc1ccccc1. The Morgan fingerprint density at radius 2 is 2.08 bits per heavy atom. The zero-order valence-electron chi connectivity index (χ0n) is 6.40. The highest BCUT2D eigenvalue weighted by Crippen LogP contribution is 2.18. The lowest BCUT2D eigenvalue weighted by Gasteiger charge is -1.96. The number of benzene rings is 1. The average molecular weight is 180 g/mol. The number of hydrogen-bond donors (Lipinski definition) is 0. The molecule has 0 spiro atoms. The first-order chi connectivity index (χ1) is 5.83. The lowest BCUT2D eigenvalue weighted by atomic mass is 10.4. The van der Waals surface area contributed by atoms with Crippen molar-refractivity contribution < 1.29 is 9.53 Å². The highest BCUT2D eigenvalue weighted by molar-refractivity contribution is 8.13. The Balaban J connectivity index is 2.52. The van der Waals surface area contributed by atoms with Crippen molar-refractivity contribution in [1.29, 1.82) is 0 Å². The van der Waals surface area contributed by atoms with Gasteiger partial charge in [-0.1, -0.05) is 24.8 Å². The van der Waals surface area contributed by atoms with E-state index in [2.05, 4.69) is 11.3 Å². The van der Waals surface area contributed by atoms with Gasteiger partial charge in [-0.05, 0) is 23.9 Å². The van der Waals surface area contributed by atoms with E-state index in [0.29, 0.717) is 0 Å². The second-order valence-corrected chi connectivity index (χ2v) is 2.96. The van der Waals surface area contributed by atoms with Crippen LogP contribution in [0.5, 0.6) is 0 Å². The molecule has 0 N–H and O–H groups in total. The Bertz CT molecular complexity index is 269. The highest BCUT2D eigenvalue weighted by Gasteiger charge is 2.02. The molecule has 0 saturated heterocycles. The molecule has 0 aromatic heterocycles. The second-order valence-electron chi connectivity index (χ2n) is 1.95. The van der Waals surface area contributed by atoms with E-state index in [9.17, 15) is 4.79 Å². The van der Waals surface area contributed by atoms with E-state index in [1.54, 1.807) is 0 Å². The van der Waals surface area contributed by atoms with Crippen LogP contribution in [0.15, 0.2) is 48.1 Å². The summed E-state index contributed by atoms with van der Waals surface area (Å²) in [6.07, 6.45) is 1.12. The van der Waals surface area contributed by atoms with E-state index in [1.807, 2.05) is 30.3 Å². The average Bonchev–Trinajstić information content (AvgIpc) is 2.06. The van der Waals surface area contributed by atoms with Crippen molar-refractivity contribution in [3.8, 4) is 0 Å². The van der Waals surface area contributed by atoms with Gasteiger partial charge in [0.25, 0.3) is 0 Å². The minimum atomic E-state index is -0.365. The van der Waals surface area contributed by atoms with Gasteiger partial charge in [0.1, 0.15) is 0 Å². The summed E-state index contributed by atoms with van der Waals surface area (Å²) in [6.45, 7) is 3.29. The molecule has 3 heteroatoms. The maximum atomic E-state index is 10.9. The fourth-order valence-electron chi connectivity index (χ4n) is 0.677. The maximum absolute atomic E-state index is 10.9. The molecular formula is C9H8O2S. The highest BCUT2D eigenvalue weighted by atomic mass is 32.2. The molecule has 0 aliphatic heterocycles. The molecule has 0 bridgehead atoms. The smallest absolute Gasteiger partial charge is 0.376 e. The van der Waals surface area contributed by atoms with Crippen LogP contribution in [-0.2, 0) is 4.74 Å². The minimum Gasteiger partial charge on any atom is -0.427 e. The van der Waals surface area contributed by atoms with Gasteiger partial charge in [-0.25, -0.2) is 4.79 Å². The van der Waals surface area contributed by atoms with Gasteiger partial charge in [-0.15, -0.1) is 0 Å². The third-order valence-electron chi connectivity index (χ3n) is 1.12. The van der Waals surface area contributed by atoms with Crippen LogP contribution in [0.1, 0.15) is 0 Å². The molecule has 0 atom stereocenters. The number of carbonyl (C=O) groups is 1. The normalized spacial score (nSPS) is 9.00. The summed E-state index contributed by atoms with van der Waals surface area (Å²) in [5, 5.41) is -0.365. The van der Waals surface area contributed by atoms with Crippen molar-refractivity contribution in [2.24, 2.45) is 0 Å². The quantitative estimate of drug-likeness (QED) is 0.397. The predicted molar refractivity (Wildman–Crippen MR) is 49.0 cm³/mol. The van der Waals surface area contributed by atoms with Gasteiger partial charge in [0, 0.05) is 4.90 Å². The molecule has 1 aromatic carbocycles. The first-order valence-electron chi connectivity index (χ1n) is 3.37. The fraction of sp³-hybridized carbons (Fsp3) is 0. The Morgan fingerprint density at radius 1 is 1.42 bits per heavy atom. The summed E-state index contributed by atoms with van der Waals surface area (Å²) in [6, 6.07) is 9.31. The molecular weight excluding hydrogens is 172 g/mol. The van der Waals surface area contributed by atoms with Crippen LogP contribution in [0, 0.1) is 0 Å². The third-order valence-corrected chi connectivity index (χ3v) is 1.89. The lowest BCUT2D eigenvalue weighted by molar-refractivity contribution is 0.214. The van der Waals surface area contributed by atoms with Crippen molar-refractivity contribution in [2.45, 2.75) is 4.90 Å². The summed E-state index contributed by atoms with van der Waals surface area (Å²) >= 11 is 1.04. The Hall–Kier alpha value is -1.22. The number of hydrogen-bond acceptors (Lipinski definition) is 3. The van der Waals surface area contributed by atoms with E-state index in [1.165, 1.54) is 0 Å². The van der Waals surface area contributed by atoms with Crippen molar-refractivity contribution in [3.05, 3.63) is 43.2 Å². The molecule has 0 heterocycles. The molecule has 0 saturated carbocycles. The summed E-state index contributed by atoms with van der Waals surface area (Å²) in [5.74, 6) is 0. The summed E-state index contributed by atoms with van der Waals surface area (Å²) in [4.78, 5) is 11.7. The molecule has 1 aromatic rings. The largest absolute Gasteiger partial charge is 0.427 e. The standard InChI is InChI=1S/C9H8O2S/c1-2-11-9(10)12-8-6-4-3-5-7-8/h2-7H,1H2. The monoisotopic (exact) mass is 180 g/mol.